The van der Waals surface area contributed by atoms with Crippen LogP contribution in [0.5, 0.6) is 0 Å². The van der Waals surface area contributed by atoms with E-state index in [1.54, 1.807) is 12.1 Å². The number of aromatic nitrogens is 1. The van der Waals surface area contributed by atoms with Crippen molar-refractivity contribution in [3.63, 3.8) is 0 Å². The molecule has 2 N–H and O–H groups in total. The van der Waals surface area contributed by atoms with Gasteiger partial charge in [-0.3, -0.25) is 4.79 Å². The third kappa shape index (κ3) is 3.07. The molecule has 112 valence electrons. The number of hydrogen-bond donors (Lipinski definition) is 2. The van der Waals surface area contributed by atoms with E-state index in [2.05, 4.69) is 10.5 Å². The SMILES string of the molecule is O=C(NC[C@H](O)c1ccoc1)c1cc(-c2ccccc2)on1. The summed E-state index contributed by atoms with van der Waals surface area (Å²) in [5.41, 5.74) is 1.61. The Balaban J connectivity index is 1.62. The average Bonchev–Trinajstić information content (AvgIpc) is 3.24. The van der Waals surface area contributed by atoms with E-state index in [-0.39, 0.29) is 12.2 Å². The maximum absolute atomic E-state index is 12.0. The minimum absolute atomic E-state index is 0.0614. The van der Waals surface area contributed by atoms with Crippen LogP contribution >= 0.6 is 0 Å². The fourth-order valence-corrected chi connectivity index (χ4v) is 1.98. The molecule has 0 aliphatic heterocycles. The Hall–Kier alpha value is -2.86. The zero-order valence-electron chi connectivity index (χ0n) is 11.6. The molecule has 0 saturated heterocycles. The number of nitrogens with one attached hydrogen (secondary N) is 1. The van der Waals surface area contributed by atoms with Gasteiger partial charge >= 0.3 is 0 Å². The lowest BCUT2D eigenvalue weighted by atomic mass is 10.1. The Morgan fingerprint density at radius 2 is 2.09 bits per heavy atom. The normalized spacial score (nSPS) is 12.0. The number of furan rings is 1. The van der Waals surface area contributed by atoms with Gasteiger partial charge in [0.1, 0.15) is 0 Å². The Morgan fingerprint density at radius 1 is 1.27 bits per heavy atom. The van der Waals surface area contributed by atoms with Gasteiger partial charge in [0.15, 0.2) is 11.5 Å². The van der Waals surface area contributed by atoms with E-state index < -0.39 is 12.0 Å². The molecule has 0 radical (unpaired) electrons. The van der Waals surface area contributed by atoms with Gasteiger partial charge in [0.25, 0.3) is 5.91 Å². The summed E-state index contributed by atoms with van der Waals surface area (Å²) in [4.78, 5) is 12.0. The summed E-state index contributed by atoms with van der Waals surface area (Å²) in [6, 6.07) is 12.6. The summed E-state index contributed by atoms with van der Waals surface area (Å²) in [5.74, 6) is 0.106. The number of carbonyl (C=O) groups is 1. The van der Waals surface area contributed by atoms with E-state index in [9.17, 15) is 9.90 Å². The van der Waals surface area contributed by atoms with Gasteiger partial charge in [-0.2, -0.15) is 0 Å². The minimum atomic E-state index is -0.830. The molecule has 2 aromatic heterocycles. The van der Waals surface area contributed by atoms with Crippen molar-refractivity contribution in [3.05, 3.63) is 66.2 Å². The molecular weight excluding hydrogens is 284 g/mol. The third-order valence-corrected chi connectivity index (χ3v) is 3.19. The fourth-order valence-electron chi connectivity index (χ4n) is 1.98. The lowest BCUT2D eigenvalue weighted by molar-refractivity contribution is 0.0907. The molecular formula is C16H14N2O4. The average molecular weight is 298 g/mol. The predicted molar refractivity (Wildman–Crippen MR) is 77.9 cm³/mol. The molecule has 0 spiro atoms. The number of nitrogens with zero attached hydrogens (tertiary/aromatic N) is 1. The molecule has 3 rings (SSSR count). The number of amides is 1. The monoisotopic (exact) mass is 298 g/mol. The first-order valence-electron chi connectivity index (χ1n) is 6.74. The minimum Gasteiger partial charge on any atom is -0.472 e. The largest absolute Gasteiger partial charge is 0.472 e. The number of carbonyl (C=O) groups excluding carboxylic acids is 1. The predicted octanol–water partition coefficient (Wildman–Crippen LogP) is 2.40. The van der Waals surface area contributed by atoms with E-state index in [1.807, 2.05) is 30.3 Å². The topological polar surface area (TPSA) is 88.5 Å². The van der Waals surface area contributed by atoms with Crippen molar-refractivity contribution in [1.29, 1.82) is 0 Å². The van der Waals surface area contributed by atoms with Crippen LogP contribution in [0.15, 0.2) is 63.9 Å². The second-order valence-electron chi connectivity index (χ2n) is 4.72. The molecule has 0 bridgehead atoms. The summed E-state index contributed by atoms with van der Waals surface area (Å²) in [6.45, 7) is 0.0614. The van der Waals surface area contributed by atoms with E-state index in [4.69, 9.17) is 8.94 Å². The van der Waals surface area contributed by atoms with Crippen molar-refractivity contribution in [2.75, 3.05) is 6.54 Å². The Morgan fingerprint density at radius 3 is 2.82 bits per heavy atom. The van der Waals surface area contributed by atoms with Crippen molar-refractivity contribution < 1.29 is 18.8 Å². The number of aliphatic hydroxyl groups is 1. The summed E-state index contributed by atoms with van der Waals surface area (Å²) in [7, 11) is 0. The summed E-state index contributed by atoms with van der Waals surface area (Å²) < 4.78 is 10.0. The maximum Gasteiger partial charge on any atom is 0.273 e. The van der Waals surface area contributed by atoms with Crippen LogP contribution in [-0.4, -0.2) is 22.7 Å². The van der Waals surface area contributed by atoms with Crippen LogP contribution in [0.3, 0.4) is 0 Å². The van der Waals surface area contributed by atoms with E-state index in [1.165, 1.54) is 12.5 Å². The Bertz CT molecular complexity index is 735. The molecule has 0 unspecified atom stereocenters. The molecule has 6 heteroatoms. The van der Waals surface area contributed by atoms with Crippen LogP contribution in [0.2, 0.25) is 0 Å². The van der Waals surface area contributed by atoms with Gasteiger partial charge in [-0.25, -0.2) is 0 Å². The molecule has 3 aromatic rings. The first-order valence-corrected chi connectivity index (χ1v) is 6.74. The van der Waals surface area contributed by atoms with Crippen molar-refractivity contribution >= 4 is 5.91 Å². The van der Waals surface area contributed by atoms with Gasteiger partial charge < -0.3 is 19.4 Å². The lowest BCUT2D eigenvalue weighted by Crippen LogP contribution is -2.28. The van der Waals surface area contributed by atoms with E-state index >= 15 is 0 Å². The third-order valence-electron chi connectivity index (χ3n) is 3.19. The van der Waals surface area contributed by atoms with Crippen molar-refractivity contribution in [2.45, 2.75) is 6.10 Å². The summed E-state index contributed by atoms with van der Waals surface area (Å²) >= 11 is 0. The number of benzene rings is 1. The highest BCUT2D eigenvalue weighted by Crippen LogP contribution is 2.19. The molecule has 0 aliphatic rings. The first-order chi connectivity index (χ1) is 10.7. The van der Waals surface area contributed by atoms with Crippen LogP contribution in [0.25, 0.3) is 11.3 Å². The van der Waals surface area contributed by atoms with Crippen LogP contribution in [-0.2, 0) is 0 Å². The molecule has 0 aliphatic carbocycles. The maximum atomic E-state index is 12.0. The number of hydrogen-bond acceptors (Lipinski definition) is 5. The standard InChI is InChI=1S/C16H14N2O4/c19-14(12-6-7-21-10-12)9-17-16(20)13-8-15(22-18-13)11-4-2-1-3-5-11/h1-8,10,14,19H,9H2,(H,17,20)/t14-/m0/s1. The molecule has 22 heavy (non-hydrogen) atoms. The zero-order valence-corrected chi connectivity index (χ0v) is 11.6. The lowest BCUT2D eigenvalue weighted by Gasteiger charge is -2.08. The molecule has 1 amide bonds. The highest BCUT2D eigenvalue weighted by Gasteiger charge is 2.15. The van der Waals surface area contributed by atoms with E-state index in [0.29, 0.717) is 11.3 Å². The highest BCUT2D eigenvalue weighted by atomic mass is 16.5. The number of rotatable bonds is 5. The molecule has 1 atom stereocenters. The van der Waals surface area contributed by atoms with Crippen molar-refractivity contribution in [2.24, 2.45) is 0 Å². The van der Waals surface area contributed by atoms with Crippen LogP contribution in [0.1, 0.15) is 22.2 Å². The van der Waals surface area contributed by atoms with Gasteiger partial charge in [-0.05, 0) is 6.07 Å². The summed E-state index contributed by atoms with van der Waals surface area (Å²) in [5, 5.41) is 16.2. The van der Waals surface area contributed by atoms with E-state index in [0.717, 1.165) is 5.56 Å². The van der Waals surface area contributed by atoms with Crippen LogP contribution < -0.4 is 5.32 Å². The summed E-state index contributed by atoms with van der Waals surface area (Å²) in [6.07, 6.45) is 2.06. The molecule has 0 saturated carbocycles. The zero-order chi connectivity index (χ0) is 15.4. The molecule has 6 nitrogen and oxygen atoms in total. The highest BCUT2D eigenvalue weighted by molar-refractivity contribution is 5.93. The Labute approximate surface area is 126 Å². The number of aliphatic hydroxyl groups excluding tert-OH is 1. The van der Waals surface area contributed by atoms with Crippen molar-refractivity contribution in [3.8, 4) is 11.3 Å². The first kappa shape index (κ1) is 14.1. The van der Waals surface area contributed by atoms with Gasteiger partial charge in [-0.15, -0.1) is 0 Å². The fraction of sp³-hybridized carbons (Fsp3) is 0.125. The van der Waals surface area contributed by atoms with Crippen LogP contribution in [0, 0.1) is 0 Å². The van der Waals surface area contributed by atoms with Gasteiger partial charge in [-0.1, -0.05) is 35.5 Å². The van der Waals surface area contributed by atoms with Crippen molar-refractivity contribution in [1.82, 2.24) is 10.5 Å². The van der Waals surface area contributed by atoms with Gasteiger partial charge in [0, 0.05) is 23.7 Å². The quantitative estimate of drug-likeness (QED) is 0.755. The molecule has 2 heterocycles. The molecule has 1 aromatic carbocycles. The van der Waals surface area contributed by atoms with Gasteiger partial charge in [0.05, 0.1) is 18.6 Å². The van der Waals surface area contributed by atoms with Crippen LogP contribution in [0.4, 0.5) is 0 Å². The second kappa shape index (κ2) is 6.28. The Kier molecular flexibility index (Phi) is 4.02. The molecule has 0 fully saturated rings. The smallest absolute Gasteiger partial charge is 0.273 e. The second-order valence-corrected chi connectivity index (χ2v) is 4.72. The van der Waals surface area contributed by atoms with Gasteiger partial charge in [0.2, 0.25) is 0 Å².